The zero-order chi connectivity index (χ0) is 33.1. The van der Waals surface area contributed by atoms with E-state index in [0.717, 1.165) is 11.1 Å². The topological polar surface area (TPSA) is 47.6 Å². The summed E-state index contributed by atoms with van der Waals surface area (Å²) in [5.74, 6) is 0. The van der Waals surface area contributed by atoms with Crippen molar-refractivity contribution in [1.29, 1.82) is 10.5 Å². The first kappa shape index (κ1) is 33.2. The fraction of sp³-hybridized carbons (Fsp3) is 0.136. The monoisotopic (exact) mass is 596 g/mol. The van der Waals surface area contributed by atoms with Crippen molar-refractivity contribution < 1.29 is 0 Å². The van der Waals surface area contributed by atoms with Crippen molar-refractivity contribution in [1.82, 2.24) is 0 Å². The summed E-state index contributed by atoms with van der Waals surface area (Å²) in [5.41, 5.74) is 16.8. The lowest BCUT2D eigenvalue weighted by molar-refractivity contribution is 1.39. The second-order valence-corrected chi connectivity index (χ2v) is 11.6. The predicted octanol–water partition coefficient (Wildman–Crippen LogP) is 11.7. The molecule has 0 saturated heterocycles. The molecule has 226 valence electrons. The molecule has 0 aromatic heterocycles. The van der Waals surface area contributed by atoms with Crippen LogP contribution in [-0.4, -0.2) is 0 Å². The third-order valence-corrected chi connectivity index (χ3v) is 8.04. The molecule has 0 radical (unpaired) electrons. The molecule has 0 N–H and O–H groups in total. The van der Waals surface area contributed by atoms with E-state index in [1.54, 1.807) is 0 Å². The normalized spacial score (nSPS) is 9.91. The van der Waals surface area contributed by atoms with Gasteiger partial charge in [-0.2, -0.15) is 10.5 Å². The van der Waals surface area contributed by atoms with Gasteiger partial charge in [-0.3, -0.25) is 0 Å². The average Bonchev–Trinajstić information content (AvgIpc) is 3.07. The van der Waals surface area contributed by atoms with Gasteiger partial charge in [0.1, 0.15) is 0 Å². The largest absolute Gasteiger partial charge is 0.192 e. The molecule has 0 amide bonds. The van der Waals surface area contributed by atoms with Gasteiger partial charge < -0.3 is 0 Å². The minimum absolute atomic E-state index is 0.723. The van der Waals surface area contributed by atoms with E-state index >= 15 is 0 Å². The van der Waals surface area contributed by atoms with Crippen molar-refractivity contribution in [2.45, 2.75) is 41.5 Å². The molecule has 6 rings (SSSR count). The lowest BCUT2D eigenvalue weighted by Crippen LogP contribution is -1.91. The molecule has 2 nitrogen and oxygen atoms in total. The molecular formula is C44H40N2. The molecule has 0 fully saturated rings. The van der Waals surface area contributed by atoms with Gasteiger partial charge >= 0.3 is 0 Å². The van der Waals surface area contributed by atoms with E-state index in [4.69, 9.17) is 10.5 Å². The summed E-state index contributed by atoms with van der Waals surface area (Å²) >= 11 is 0. The van der Waals surface area contributed by atoms with Gasteiger partial charge in [-0.1, -0.05) is 108 Å². The molecule has 0 saturated carbocycles. The molecule has 2 heteroatoms. The molecular weight excluding hydrogens is 556 g/mol. The Kier molecular flexibility index (Phi) is 11.4. The van der Waals surface area contributed by atoms with Crippen LogP contribution < -0.4 is 0 Å². The first-order valence-electron chi connectivity index (χ1n) is 15.5. The number of hydrogen-bond acceptors (Lipinski definition) is 2. The summed E-state index contributed by atoms with van der Waals surface area (Å²) in [5, 5.41) is 16.8. The third kappa shape index (κ3) is 8.69. The van der Waals surface area contributed by atoms with Crippen LogP contribution in [0.1, 0.15) is 44.5 Å². The van der Waals surface area contributed by atoms with Crippen molar-refractivity contribution in [2.75, 3.05) is 0 Å². The first-order chi connectivity index (χ1) is 22.2. The zero-order valence-corrected chi connectivity index (χ0v) is 27.6. The minimum atomic E-state index is 0.723. The van der Waals surface area contributed by atoms with Crippen LogP contribution in [-0.2, 0) is 0 Å². The molecule has 0 aliphatic rings. The Morgan fingerprint density at radius 1 is 0.348 bits per heavy atom. The van der Waals surface area contributed by atoms with E-state index in [9.17, 15) is 0 Å². The first-order valence-corrected chi connectivity index (χ1v) is 15.5. The highest BCUT2D eigenvalue weighted by Crippen LogP contribution is 2.34. The van der Waals surface area contributed by atoms with Crippen molar-refractivity contribution in [2.24, 2.45) is 0 Å². The zero-order valence-electron chi connectivity index (χ0n) is 27.6. The highest BCUT2D eigenvalue weighted by Gasteiger charge is 2.10. The Hall–Kier alpha value is -5.70. The van der Waals surface area contributed by atoms with Crippen LogP contribution in [0.4, 0.5) is 0 Å². The molecule has 0 aliphatic heterocycles. The maximum absolute atomic E-state index is 8.38. The van der Waals surface area contributed by atoms with Crippen LogP contribution in [0.2, 0.25) is 0 Å². The minimum Gasteiger partial charge on any atom is -0.192 e. The number of hydrogen-bond donors (Lipinski definition) is 0. The van der Waals surface area contributed by atoms with Crippen molar-refractivity contribution in [3.05, 3.63) is 178 Å². The van der Waals surface area contributed by atoms with Crippen LogP contribution >= 0.6 is 0 Å². The van der Waals surface area contributed by atoms with Crippen molar-refractivity contribution >= 4 is 0 Å². The summed E-state index contributed by atoms with van der Waals surface area (Å²) in [6.45, 7) is 12.8. The molecule has 0 heterocycles. The molecule has 0 spiro atoms. The average molecular weight is 597 g/mol. The Morgan fingerprint density at radius 3 is 1.00 bits per heavy atom. The molecule has 6 aromatic rings. The Bertz CT molecular complexity index is 1850. The maximum Gasteiger partial charge on any atom is 0.0991 e. The number of aryl methyl sites for hydroxylation is 6. The van der Waals surface area contributed by atoms with Crippen LogP contribution in [0.5, 0.6) is 0 Å². The molecule has 0 bridgehead atoms. The Morgan fingerprint density at radius 2 is 0.674 bits per heavy atom. The van der Waals surface area contributed by atoms with E-state index < -0.39 is 0 Å². The van der Waals surface area contributed by atoms with Gasteiger partial charge in [-0.05, 0) is 134 Å². The second-order valence-electron chi connectivity index (χ2n) is 11.6. The van der Waals surface area contributed by atoms with Gasteiger partial charge in [-0.25, -0.2) is 0 Å². The van der Waals surface area contributed by atoms with Gasteiger partial charge in [0, 0.05) is 0 Å². The van der Waals surface area contributed by atoms with Crippen LogP contribution in [0, 0.1) is 64.2 Å². The second kappa shape index (κ2) is 15.9. The standard InChI is InChI=1S/C28H26.2C8H7N/c1-19-9-5-7-11-25(19)27-17-23(15-13-21(27)3)24-16-14-22(4)28(18-24)26-12-8-6-10-20(26)2;2*1-7-2-4-8(6-9)5-3-7/h5-18H,1-4H3;2*2-5H,1H3. The van der Waals surface area contributed by atoms with Crippen molar-refractivity contribution in [3.63, 3.8) is 0 Å². The summed E-state index contributed by atoms with van der Waals surface area (Å²) in [4.78, 5) is 0. The lowest BCUT2D eigenvalue weighted by Gasteiger charge is -2.14. The Labute approximate surface area is 274 Å². The summed E-state index contributed by atoms with van der Waals surface area (Å²) in [6.07, 6.45) is 0. The number of nitriles is 2. The smallest absolute Gasteiger partial charge is 0.0991 e. The van der Waals surface area contributed by atoms with Gasteiger partial charge in [0.2, 0.25) is 0 Å². The maximum atomic E-state index is 8.38. The fourth-order valence-corrected chi connectivity index (χ4v) is 5.19. The van der Waals surface area contributed by atoms with Crippen LogP contribution in [0.3, 0.4) is 0 Å². The van der Waals surface area contributed by atoms with Crippen LogP contribution in [0.25, 0.3) is 33.4 Å². The van der Waals surface area contributed by atoms with E-state index in [1.165, 1.54) is 66.8 Å². The Balaban J connectivity index is 0.000000216. The van der Waals surface area contributed by atoms with E-state index in [-0.39, 0.29) is 0 Å². The van der Waals surface area contributed by atoms with E-state index in [1.807, 2.05) is 62.4 Å². The molecule has 0 aliphatic carbocycles. The highest BCUT2D eigenvalue weighted by atomic mass is 14.2. The van der Waals surface area contributed by atoms with Gasteiger partial charge in [0.05, 0.1) is 23.3 Å². The quantitative estimate of drug-likeness (QED) is 0.204. The number of rotatable bonds is 3. The fourth-order valence-electron chi connectivity index (χ4n) is 5.19. The highest BCUT2D eigenvalue weighted by molar-refractivity contribution is 5.81. The third-order valence-electron chi connectivity index (χ3n) is 8.04. The lowest BCUT2D eigenvalue weighted by atomic mass is 9.90. The SMILES string of the molecule is Cc1ccc(C#N)cc1.Cc1ccc(C#N)cc1.Cc1ccccc1-c1cc(-c2ccc(C)c(-c3ccccc3C)c2)ccc1C. The summed E-state index contributed by atoms with van der Waals surface area (Å²) < 4.78 is 0. The number of benzene rings is 6. The van der Waals surface area contributed by atoms with Gasteiger partial charge in [0.15, 0.2) is 0 Å². The summed E-state index contributed by atoms with van der Waals surface area (Å²) in [7, 11) is 0. The van der Waals surface area contributed by atoms with Crippen molar-refractivity contribution in [3.8, 4) is 45.5 Å². The molecule has 0 unspecified atom stereocenters. The van der Waals surface area contributed by atoms with Crippen LogP contribution in [0.15, 0.2) is 133 Å². The molecule has 0 atom stereocenters. The predicted molar refractivity (Wildman–Crippen MR) is 193 cm³/mol. The molecule has 46 heavy (non-hydrogen) atoms. The van der Waals surface area contributed by atoms with Gasteiger partial charge in [-0.15, -0.1) is 0 Å². The van der Waals surface area contributed by atoms with Gasteiger partial charge in [0.25, 0.3) is 0 Å². The van der Waals surface area contributed by atoms with E-state index in [0.29, 0.717) is 0 Å². The molecule has 6 aromatic carbocycles. The number of nitrogens with zero attached hydrogens (tertiary/aromatic N) is 2. The summed E-state index contributed by atoms with van der Waals surface area (Å²) in [6, 6.07) is 50.0. The van der Waals surface area contributed by atoms with E-state index in [2.05, 4.69) is 125 Å².